The molecule has 0 aliphatic carbocycles. The molecule has 0 bridgehead atoms. The second-order valence-electron chi connectivity index (χ2n) is 5.83. The average Bonchev–Trinajstić information content (AvgIpc) is 2.83. The summed E-state index contributed by atoms with van der Waals surface area (Å²) in [5.74, 6) is 0.753. The van der Waals surface area contributed by atoms with Gasteiger partial charge in [0.2, 0.25) is 0 Å². The summed E-state index contributed by atoms with van der Waals surface area (Å²) in [6.45, 7) is 7.37. The zero-order valence-electron chi connectivity index (χ0n) is 12.8. The van der Waals surface area contributed by atoms with Crippen molar-refractivity contribution in [3.63, 3.8) is 0 Å². The zero-order chi connectivity index (χ0) is 14.8. The number of hydrogen-bond acceptors (Lipinski definition) is 4. The van der Waals surface area contributed by atoms with E-state index in [0.29, 0.717) is 0 Å². The Hall–Kier alpha value is -1.85. The number of anilines is 1. The molecule has 1 aromatic carbocycles. The predicted octanol–water partition coefficient (Wildman–Crippen LogP) is 1.51. The van der Waals surface area contributed by atoms with Gasteiger partial charge in [0.15, 0.2) is 0 Å². The smallest absolute Gasteiger partial charge is 0.131 e. The lowest BCUT2D eigenvalue weighted by Gasteiger charge is -2.32. The van der Waals surface area contributed by atoms with Gasteiger partial charge in [-0.05, 0) is 25.6 Å². The summed E-state index contributed by atoms with van der Waals surface area (Å²) in [5.41, 5.74) is 9.66. The summed E-state index contributed by atoms with van der Waals surface area (Å²) in [6.07, 6.45) is 1.90. The number of benzene rings is 1. The van der Waals surface area contributed by atoms with E-state index in [9.17, 15) is 0 Å². The molecule has 0 saturated carbocycles. The lowest BCUT2D eigenvalue weighted by atomic mass is 10.2. The molecule has 5 heteroatoms. The fraction of sp³-hybridized carbons (Fsp3) is 0.438. The minimum atomic E-state index is 0.753. The predicted molar refractivity (Wildman–Crippen MR) is 85.5 cm³/mol. The van der Waals surface area contributed by atoms with E-state index in [1.54, 1.807) is 0 Å². The van der Waals surface area contributed by atoms with Crippen molar-refractivity contribution in [2.75, 3.05) is 39.0 Å². The highest BCUT2D eigenvalue weighted by Crippen LogP contribution is 2.21. The molecule has 1 aliphatic heterocycles. The molecule has 112 valence electrons. The highest BCUT2D eigenvalue weighted by atomic mass is 15.3. The molecule has 1 saturated heterocycles. The highest BCUT2D eigenvalue weighted by molar-refractivity contribution is 5.49. The third-order valence-corrected chi connectivity index (χ3v) is 4.22. The number of nitrogen functional groups attached to an aromatic ring is 1. The van der Waals surface area contributed by atoms with Crippen LogP contribution in [-0.2, 0) is 6.54 Å². The fourth-order valence-electron chi connectivity index (χ4n) is 2.75. The van der Waals surface area contributed by atoms with Crippen molar-refractivity contribution in [3.8, 4) is 5.69 Å². The van der Waals surface area contributed by atoms with Crippen molar-refractivity contribution in [1.29, 1.82) is 0 Å². The van der Waals surface area contributed by atoms with Gasteiger partial charge in [-0.25, -0.2) is 4.68 Å². The van der Waals surface area contributed by atoms with Crippen LogP contribution in [0.4, 0.5) is 5.82 Å². The Morgan fingerprint density at radius 3 is 2.57 bits per heavy atom. The summed E-state index contributed by atoms with van der Waals surface area (Å²) in [7, 11) is 2.17. The van der Waals surface area contributed by atoms with E-state index in [1.165, 1.54) is 5.56 Å². The summed E-state index contributed by atoms with van der Waals surface area (Å²) in [6, 6.07) is 8.18. The van der Waals surface area contributed by atoms with Crippen LogP contribution < -0.4 is 5.73 Å². The third-order valence-electron chi connectivity index (χ3n) is 4.22. The molecule has 2 heterocycles. The van der Waals surface area contributed by atoms with Crippen molar-refractivity contribution in [2.45, 2.75) is 13.5 Å². The van der Waals surface area contributed by atoms with Crippen LogP contribution in [0.25, 0.3) is 5.69 Å². The van der Waals surface area contributed by atoms with Crippen molar-refractivity contribution in [3.05, 3.63) is 41.6 Å². The minimum Gasteiger partial charge on any atom is -0.383 e. The van der Waals surface area contributed by atoms with Crippen molar-refractivity contribution < 1.29 is 0 Å². The number of nitrogens with two attached hydrogens (primary N) is 1. The number of nitrogens with zero attached hydrogens (tertiary/aromatic N) is 4. The number of piperazine rings is 1. The molecule has 0 spiro atoms. The molecule has 1 aliphatic rings. The van der Waals surface area contributed by atoms with E-state index >= 15 is 0 Å². The summed E-state index contributed by atoms with van der Waals surface area (Å²) >= 11 is 0. The summed E-state index contributed by atoms with van der Waals surface area (Å²) in [4.78, 5) is 4.80. The van der Waals surface area contributed by atoms with Gasteiger partial charge < -0.3 is 10.6 Å². The summed E-state index contributed by atoms with van der Waals surface area (Å²) < 4.78 is 1.85. The van der Waals surface area contributed by atoms with E-state index < -0.39 is 0 Å². The Morgan fingerprint density at radius 2 is 1.86 bits per heavy atom. The molecule has 5 nitrogen and oxygen atoms in total. The second kappa shape index (κ2) is 5.87. The van der Waals surface area contributed by atoms with Gasteiger partial charge >= 0.3 is 0 Å². The highest BCUT2D eigenvalue weighted by Gasteiger charge is 2.17. The molecular weight excluding hydrogens is 262 g/mol. The third kappa shape index (κ3) is 2.94. The number of aryl methyl sites for hydroxylation is 1. The van der Waals surface area contributed by atoms with Gasteiger partial charge in [-0.3, -0.25) is 4.90 Å². The van der Waals surface area contributed by atoms with Gasteiger partial charge in [-0.1, -0.05) is 18.2 Å². The molecule has 0 radical (unpaired) electrons. The maximum absolute atomic E-state index is 6.31. The Balaban J connectivity index is 1.78. The van der Waals surface area contributed by atoms with Crippen LogP contribution in [0, 0.1) is 6.92 Å². The fourth-order valence-corrected chi connectivity index (χ4v) is 2.75. The lowest BCUT2D eigenvalue weighted by molar-refractivity contribution is 0.148. The maximum Gasteiger partial charge on any atom is 0.131 e. The lowest BCUT2D eigenvalue weighted by Crippen LogP contribution is -2.43. The van der Waals surface area contributed by atoms with E-state index in [0.717, 1.165) is 49.8 Å². The van der Waals surface area contributed by atoms with Crippen LogP contribution in [0.3, 0.4) is 0 Å². The molecule has 1 fully saturated rings. The normalized spacial score (nSPS) is 17.2. The van der Waals surface area contributed by atoms with Crippen LogP contribution in [0.2, 0.25) is 0 Å². The van der Waals surface area contributed by atoms with Crippen molar-refractivity contribution in [2.24, 2.45) is 0 Å². The number of para-hydroxylation sites is 1. The summed E-state index contributed by atoms with van der Waals surface area (Å²) in [5, 5.41) is 4.48. The molecule has 21 heavy (non-hydrogen) atoms. The van der Waals surface area contributed by atoms with Crippen LogP contribution >= 0.6 is 0 Å². The molecule has 2 N–H and O–H groups in total. The van der Waals surface area contributed by atoms with Gasteiger partial charge in [0.1, 0.15) is 5.82 Å². The van der Waals surface area contributed by atoms with Crippen LogP contribution in [-0.4, -0.2) is 52.8 Å². The first-order valence-electron chi connectivity index (χ1n) is 7.44. The van der Waals surface area contributed by atoms with Crippen molar-refractivity contribution >= 4 is 5.82 Å². The van der Waals surface area contributed by atoms with E-state index in [2.05, 4.69) is 41.0 Å². The van der Waals surface area contributed by atoms with Crippen LogP contribution in [0.5, 0.6) is 0 Å². The van der Waals surface area contributed by atoms with Crippen molar-refractivity contribution in [1.82, 2.24) is 19.6 Å². The minimum absolute atomic E-state index is 0.753. The first-order chi connectivity index (χ1) is 10.1. The van der Waals surface area contributed by atoms with Crippen LogP contribution in [0.1, 0.15) is 11.1 Å². The molecule has 0 atom stereocenters. The van der Waals surface area contributed by atoms with Gasteiger partial charge in [-0.15, -0.1) is 0 Å². The molecule has 0 amide bonds. The van der Waals surface area contributed by atoms with E-state index in [4.69, 9.17) is 5.73 Å². The number of hydrogen-bond donors (Lipinski definition) is 1. The Bertz CT molecular complexity index is 611. The zero-order valence-corrected chi connectivity index (χ0v) is 12.8. The van der Waals surface area contributed by atoms with Crippen LogP contribution in [0.15, 0.2) is 30.5 Å². The van der Waals surface area contributed by atoms with Gasteiger partial charge in [0.05, 0.1) is 11.9 Å². The number of aromatic nitrogens is 2. The second-order valence-corrected chi connectivity index (χ2v) is 5.83. The average molecular weight is 285 g/mol. The molecular formula is C16H23N5. The number of rotatable bonds is 3. The first kappa shape index (κ1) is 14.1. The Labute approximate surface area is 126 Å². The topological polar surface area (TPSA) is 50.3 Å². The monoisotopic (exact) mass is 285 g/mol. The first-order valence-corrected chi connectivity index (χ1v) is 7.44. The Morgan fingerprint density at radius 1 is 1.14 bits per heavy atom. The van der Waals surface area contributed by atoms with Gasteiger partial charge in [0.25, 0.3) is 0 Å². The molecule has 2 aromatic rings. The Kier molecular flexibility index (Phi) is 3.94. The SMILES string of the molecule is Cc1ccccc1-n1ncc(CN2CCN(C)CC2)c1N. The quantitative estimate of drug-likeness (QED) is 0.929. The molecule has 3 rings (SSSR count). The van der Waals surface area contributed by atoms with Gasteiger partial charge in [-0.2, -0.15) is 5.10 Å². The molecule has 1 aromatic heterocycles. The van der Waals surface area contributed by atoms with E-state index in [1.807, 2.05) is 23.0 Å². The standard InChI is InChI=1S/C16H23N5/c1-13-5-3-4-6-15(13)21-16(17)14(11-18-21)12-20-9-7-19(2)8-10-20/h3-6,11H,7-10,12,17H2,1-2H3. The van der Waals surface area contributed by atoms with Gasteiger partial charge in [0, 0.05) is 38.3 Å². The number of likely N-dealkylation sites (N-methyl/N-ethyl adjacent to an activating group) is 1. The largest absolute Gasteiger partial charge is 0.383 e. The maximum atomic E-state index is 6.31. The van der Waals surface area contributed by atoms with E-state index in [-0.39, 0.29) is 0 Å². The molecule has 0 unspecified atom stereocenters.